The third kappa shape index (κ3) is 3.83. The molecule has 1 aliphatic heterocycles. The van der Waals surface area contributed by atoms with Gasteiger partial charge in [-0.1, -0.05) is 23.7 Å². The Balaban J connectivity index is 1.41. The van der Waals surface area contributed by atoms with E-state index in [-0.39, 0.29) is 18.3 Å². The van der Waals surface area contributed by atoms with Gasteiger partial charge in [0.25, 0.3) is 5.91 Å². The van der Waals surface area contributed by atoms with Crippen LogP contribution in [0.4, 0.5) is 4.39 Å². The van der Waals surface area contributed by atoms with E-state index in [0.29, 0.717) is 23.9 Å². The molecule has 4 rings (SSSR count). The molecule has 0 bridgehead atoms. The summed E-state index contributed by atoms with van der Waals surface area (Å²) in [7, 11) is 0. The summed E-state index contributed by atoms with van der Waals surface area (Å²) in [6.45, 7) is 1.13. The van der Waals surface area contributed by atoms with Gasteiger partial charge in [0.15, 0.2) is 6.61 Å². The third-order valence-corrected chi connectivity index (χ3v) is 4.95. The van der Waals surface area contributed by atoms with Gasteiger partial charge in [0.2, 0.25) is 0 Å². The van der Waals surface area contributed by atoms with Gasteiger partial charge in [-0.2, -0.15) is 0 Å². The van der Waals surface area contributed by atoms with Crippen LogP contribution < -0.4 is 4.74 Å². The summed E-state index contributed by atoms with van der Waals surface area (Å²) in [5, 5.41) is 1.57. The van der Waals surface area contributed by atoms with E-state index in [2.05, 4.69) is 4.98 Å². The highest BCUT2D eigenvalue weighted by molar-refractivity contribution is 6.30. The fourth-order valence-corrected chi connectivity index (χ4v) is 3.48. The Bertz CT molecular complexity index is 1030. The van der Waals surface area contributed by atoms with Crippen molar-refractivity contribution < 1.29 is 13.9 Å². The second kappa shape index (κ2) is 7.45. The number of rotatable bonds is 4. The normalized spacial score (nSPS) is 14.3. The van der Waals surface area contributed by atoms with Crippen LogP contribution >= 0.6 is 11.6 Å². The smallest absolute Gasteiger partial charge is 0.260 e. The molecule has 2 heterocycles. The summed E-state index contributed by atoms with van der Waals surface area (Å²) < 4.78 is 18.9. The van der Waals surface area contributed by atoms with Crippen molar-refractivity contribution in [1.29, 1.82) is 0 Å². The Morgan fingerprint density at radius 1 is 1.26 bits per heavy atom. The molecule has 0 radical (unpaired) electrons. The first-order valence-corrected chi connectivity index (χ1v) is 9.10. The van der Waals surface area contributed by atoms with Gasteiger partial charge < -0.3 is 14.6 Å². The first-order valence-electron chi connectivity index (χ1n) is 8.72. The molecule has 1 aliphatic rings. The van der Waals surface area contributed by atoms with Crippen molar-refractivity contribution in [2.45, 2.75) is 6.42 Å². The van der Waals surface area contributed by atoms with Crippen LogP contribution in [-0.4, -0.2) is 35.5 Å². The number of carbonyl (C=O) groups is 1. The Morgan fingerprint density at radius 2 is 2.15 bits per heavy atom. The second-order valence-electron chi connectivity index (χ2n) is 6.46. The van der Waals surface area contributed by atoms with Crippen LogP contribution in [0.15, 0.2) is 54.7 Å². The largest absolute Gasteiger partial charge is 0.484 e. The Labute approximate surface area is 161 Å². The van der Waals surface area contributed by atoms with E-state index in [4.69, 9.17) is 16.3 Å². The first kappa shape index (κ1) is 17.6. The summed E-state index contributed by atoms with van der Waals surface area (Å²) in [5.41, 5.74) is 3.00. The SMILES string of the molecule is O=C(COc1cccc(Cl)c1)N1CC=C(c2c[nH]c3cc(F)ccc23)CC1. The number of fused-ring (bicyclic) bond motifs is 1. The molecule has 0 unspecified atom stereocenters. The average molecular weight is 385 g/mol. The lowest BCUT2D eigenvalue weighted by Crippen LogP contribution is -2.37. The highest BCUT2D eigenvalue weighted by Crippen LogP contribution is 2.29. The van der Waals surface area contributed by atoms with Gasteiger partial charge in [0.1, 0.15) is 11.6 Å². The lowest BCUT2D eigenvalue weighted by molar-refractivity contribution is -0.132. The number of hydrogen-bond donors (Lipinski definition) is 1. The second-order valence-corrected chi connectivity index (χ2v) is 6.89. The molecule has 0 aliphatic carbocycles. The van der Waals surface area contributed by atoms with Crippen molar-refractivity contribution in [1.82, 2.24) is 9.88 Å². The molecule has 0 spiro atoms. The molecule has 2 aromatic carbocycles. The minimum Gasteiger partial charge on any atom is -0.484 e. The van der Waals surface area contributed by atoms with E-state index in [1.54, 1.807) is 35.2 Å². The minimum absolute atomic E-state index is 0.0180. The predicted octanol–water partition coefficient (Wildman–Crippen LogP) is 4.66. The number of ether oxygens (including phenoxy) is 1. The summed E-state index contributed by atoms with van der Waals surface area (Å²) in [5.74, 6) is 0.256. The summed E-state index contributed by atoms with van der Waals surface area (Å²) in [4.78, 5) is 17.3. The lowest BCUT2D eigenvalue weighted by Gasteiger charge is -2.26. The minimum atomic E-state index is -0.259. The number of hydrogen-bond acceptors (Lipinski definition) is 2. The monoisotopic (exact) mass is 384 g/mol. The fourth-order valence-electron chi connectivity index (χ4n) is 3.30. The zero-order chi connectivity index (χ0) is 18.8. The van der Waals surface area contributed by atoms with Crippen LogP contribution in [0, 0.1) is 5.82 Å². The van der Waals surface area contributed by atoms with E-state index in [1.807, 2.05) is 12.3 Å². The van der Waals surface area contributed by atoms with Crippen LogP contribution in [0.1, 0.15) is 12.0 Å². The number of benzene rings is 2. The standard InChI is InChI=1S/C21H18ClFN2O2/c22-15-2-1-3-17(10-15)27-13-21(26)25-8-6-14(7-9-25)19-12-24-20-11-16(23)4-5-18(19)20/h1-6,10-12,24H,7-9,13H2. The van der Waals surface area contributed by atoms with E-state index in [0.717, 1.165) is 28.5 Å². The topological polar surface area (TPSA) is 45.3 Å². The highest BCUT2D eigenvalue weighted by atomic mass is 35.5. The van der Waals surface area contributed by atoms with Crippen LogP contribution in [0.25, 0.3) is 16.5 Å². The van der Waals surface area contributed by atoms with E-state index < -0.39 is 0 Å². The number of H-pyrrole nitrogens is 1. The molecule has 4 nitrogen and oxygen atoms in total. The van der Waals surface area contributed by atoms with Gasteiger partial charge in [-0.15, -0.1) is 0 Å². The molecule has 138 valence electrons. The van der Waals surface area contributed by atoms with Gasteiger partial charge in [-0.25, -0.2) is 4.39 Å². The Morgan fingerprint density at radius 3 is 2.93 bits per heavy atom. The fraction of sp³-hybridized carbons (Fsp3) is 0.190. The number of nitrogens with one attached hydrogen (secondary N) is 1. The maximum absolute atomic E-state index is 13.3. The summed E-state index contributed by atoms with van der Waals surface area (Å²) in [6.07, 6.45) is 4.69. The van der Waals surface area contributed by atoms with Crippen molar-refractivity contribution in [3.8, 4) is 5.75 Å². The van der Waals surface area contributed by atoms with Gasteiger partial charge in [-0.3, -0.25) is 4.79 Å². The quantitative estimate of drug-likeness (QED) is 0.711. The zero-order valence-corrected chi connectivity index (χ0v) is 15.3. The van der Waals surface area contributed by atoms with Crippen molar-refractivity contribution in [3.63, 3.8) is 0 Å². The van der Waals surface area contributed by atoms with Crippen molar-refractivity contribution in [2.24, 2.45) is 0 Å². The van der Waals surface area contributed by atoms with E-state index >= 15 is 0 Å². The van der Waals surface area contributed by atoms with Crippen LogP contribution in [0.5, 0.6) is 5.75 Å². The number of carbonyl (C=O) groups excluding carboxylic acids is 1. The number of nitrogens with zero attached hydrogens (tertiary/aromatic N) is 1. The molecule has 1 N–H and O–H groups in total. The predicted molar refractivity (Wildman–Crippen MR) is 104 cm³/mol. The Hall–Kier alpha value is -2.79. The zero-order valence-electron chi connectivity index (χ0n) is 14.5. The number of halogens is 2. The summed E-state index contributed by atoms with van der Waals surface area (Å²) >= 11 is 5.92. The van der Waals surface area contributed by atoms with Crippen molar-refractivity contribution in [3.05, 3.63) is 71.1 Å². The lowest BCUT2D eigenvalue weighted by atomic mass is 9.99. The molecular weight excluding hydrogens is 367 g/mol. The first-order chi connectivity index (χ1) is 13.1. The highest BCUT2D eigenvalue weighted by Gasteiger charge is 2.20. The van der Waals surface area contributed by atoms with Gasteiger partial charge in [0, 0.05) is 40.8 Å². The molecule has 27 heavy (non-hydrogen) atoms. The van der Waals surface area contributed by atoms with Crippen LogP contribution in [0.2, 0.25) is 5.02 Å². The molecule has 0 saturated carbocycles. The number of aromatic amines is 1. The van der Waals surface area contributed by atoms with Crippen LogP contribution in [0.3, 0.4) is 0 Å². The maximum atomic E-state index is 13.3. The van der Waals surface area contributed by atoms with Crippen molar-refractivity contribution >= 4 is 34.0 Å². The molecule has 0 atom stereocenters. The average Bonchev–Trinajstić information content (AvgIpc) is 3.09. The number of amides is 1. The third-order valence-electron chi connectivity index (χ3n) is 4.71. The van der Waals surface area contributed by atoms with Gasteiger partial charge in [0.05, 0.1) is 0 Å². The number of aromatic nitrogens is 1. The van der Waals surface area contributed by atoms with Gasteiger partial charge in [-0.05, 0) is 48.4 Å². The van der Waals surface area contributed by atoms with E-state index in [9.17, 15) is 9.18 Å². The summed E-state index contributed by atoms with van der Waals surface area (Å²) in [6, 6.07) is 11.7. The molecule has 0 saturated heterocycles. The van der Waals surface area contributed by atoms with E-state index in [1.165, 1.54) is 12.1 Å². The molecule has 6 heteroatoms. The molecule has 3 aromatic rings. The molecule has 0 fully saturated rings. The van der Waals surface area contributed by atoms with Crippen LogP contribution in [-0.2, 0) is 4.79 Å². The molecular formula is C21H18ClFN2O2. The Kier molecular flexibility index (Phi) is 4.86. The maximum Gasteiger partial charge on any atom is 0.260 e. The molecule has 1 amide bonds. The van der Waals surface area contributed by atoms with Gasteiger partial charge >= 0.3 is 0 Å². The van der Waals surface area contributed by atoms with Crippen molar-refractivity contribution in [2.75, 3.05) is 19.7 Å². The molecule has 1 aromatic heterocycles.